The number of benzene rings is 2. The summed E-state index contributed by atoms with van der Waals surface area (Å²) in [6, 6.07) is 17.4. The van der Waals surface area contributed by atoms with Gasteiger partial charge in [0, 0.05) is 41.5 Å². The molecule has 2 nitrogen and oxygen atoms in total. The van der Waals surface area contributed by atoms with E-state index in [1.807, 2.05) is 0 Å². The molecule has 1 heterocycles. The van der Waals surface area contributed by atoms with Crippen LogP contribution in [-0.2, 0) is 5.41 Å². The summed E-state index contributed by atoms with van der Waals surface area (Å²) in [7, 11) is 2.16. The molecule has 34 heavy (non-hydrogen) atoms. The number of para-hydroxylation sites is 1. The topological polar surface area (TPSA) is 6.25 Å². The maximum absolute atomic E-state index is 6.79. The molecule has 0 amide bonds. The minimum Gasteiger partial charge on any atom is -0.372 e. The van der Waals surface area contributed by atoms with Crippen molar-refractivity contribution >= 4 is 34.8 Å². The van der Waals surface area contributed by atoms with Crippen molar-refractivity contribution in [1.29, 1.82) is 0 Å². The fourth-order valence-electron chi connectivity index (χ4n) is 5.15. The predicted octanol–water partition coefficient (Wildman–Crippen LogP) is 8.02. The highest BCUT2D eigenvalue weighted by Crippen LogP contribution is 2.40. The van der Waals surface area contributed by atoms with Gasteiger partial charge in [0.15, 0.2) is 5.71 Å². The SMILES string of the molecule is CCN(CC)c1ccc(/C=C/C=C2\CCC(/C=C/C3=[N+](C)c4ccccc4C3(C)C)=C2Cl)cc1. The molecule has 0 radical (unpaired) electrons. The van der Waals surface area contributed by atoms with Crippen LogP contribution in [-0.4, -0.2) is 30.4 Å². The number of nitrogens with zero attached hydrogens (tertiary/aromatic N) is 2. The second kappa shape index (κ2) is 10.2. The van der Waals surface area contributed by atoms with Gasteiger partial charge in [-0.3, -0.25) is 0 Å². The zero-order valence-corrected chi connectivity index (χ0v) is 21.9. The molecule has 0 fully saturated rings. The molecule has 3 heteroatoms. The molecule has 0 bridgehead atoms. The summed E-state index contributed by atoms with van der Waals surface area (Å²) in [5.74, 6) is 0. The summed E-state index contributed by atoms with van der Waals surface area (Å²) in [4.78, 5) is 2.36. The van der Waals surface area contributed by atoms with E-state index in [-0.39, 0.29) is 5.41 Å². The van der Waals surface area contributed by atoms with Crippen LogP contribution in [0.1, 0.15) is 51.7 Å². The minimum atomic E-state index is -0.0181. The van der Waals surface area contributed by atoms with Crippen molar-refractivity contribution in [1.82, 2.24) is 0 Å². The molecule has 176 valence electrons. The second-order valence-electron chi connectivity index (χ2n) is 9.57. The van der Waals surface area contributed by atoms with Gasteiger partial charge in [-0.1, -0.05) is 66.2 Å². The van der Waals surface area contributed by atoms with Gasteiger partial charge in [-0.15, -0.1) is 0 Å². The minimum absolute atomic E-state index is 0.0181. The lowest BCUT2D eigenvalue weighted by Crippen LogP contribution is -2.26. The number of halogens is 1. The molecule has 0 saturated carbocycles. The summed E-state index contributed by atoms with van der Waals surface area (Å²) >= 11 is 6.79. The number of rotatable bonds is 7. The van der Waals surface area contributed by atoms with Gasteiger partial charge in [0.05, 0.1) is 5.41 Å². The molecule has 4 rings (SSSR count). The van der Waals surface area contributed by atoms with Crippen LogP contribution in [0.3, 0.4) is 0 Å². The van der Waals surface area contributed by atoms with Gasteiger partial charge in [0.25, 0.3) is 0 Å². The van der Waals surface area contributed by atoms with Gasteiger partial charge in [0.2, 0.25) is 5.69 Å². The third-order valence-corrected chi connectivity index (χ3v) is 7.70. The summed E-state index contributed by atoms with van der Waals surface area (Å²) in [6.07, 6.45) is 12.9. The smallest absolute Gasteiger partial charge is 0.209 e. The van der Waals surface area contributed by atoms with Crippen LogP contribution in [0.15, 0.2) is 89.0 Å². The van der Waals surface area contributed by atoms with E-state index < -0.39 is 0 Å². The highest BCUT2D eigenvalue weighted by atomic mass is 35.5. The van der Waals surface area contributed by atoms with Crippen molar-refractivity contribution in [3.05, 3.63) is 100 Å². The summed E-state index contributed by atoms with van der Waals surface area (Å²) in [5.41, 5.74) is 8.85. The van der Waals surface area contributed by atoms with E-state index >= 15 is 0 Å². The third-order valence-electron chi connectivity index (χ3n) is 7.22. The normalized spacial score (nSPS) is 18.7. The van der Waals surface area contributed by atoms with E-state index in [1.165, 1.54) is 39.4 Å². The van der Waals surface area contributed by atoms with Crippen LogP contribution in [0.25, 0.3) is 6.08 Å². The molecular formula is C31H36ClN2+. The Labute approximate surface area is 210 Å². The molecule has 2 aromatic carbocycles. The summed E-state index contributed by atoms with van der Waals surface area (Å²) in [5, 5.41) is 0.898. The maximum Gasteiger partial charge on any atom is 0.209 e. The highest BCUT2D eigenvalue weighted by molar-refractivity contribution is 6.33. The Hall–Kier alpha value is -2.84. The van der Waals surface area contributed by atoms with Crippen molar-refractivity contribution in [2.45, 2.75) is 46.0 Å². The van der Waals surface area contributed by atoms with Crippen LogP contribution >= 0.6 is 11.6 Å². The zero-order chi connectivity index (χ0) is 24.3. The quantitative estimate of drug-likeness (QED) is 0.370. The zero-order valence-electron chi connectivity index (χ0n) is 21.1. The number of hydrogen-bond acceptors (Lipinski definition) is 1. The fraction of sp³-hybridized carbons (Fsp3) is 0.323. The lowest BCUT2D eigenvalue weighted by Gasteiger charge is -2.20. The Morgan fingerprint density at radius 2 is 1.65 bits per heavy atom. The Kier molecular flexibility index (Phi) is 7.28. The first-order chi connectivity index (χ1) is 16.4. The van der Waals surface area contributed by atoms with Crippen LogP contribution in [0.2, 0.25) is 0 Å². The lowest BCUT2D eigenvalue weighted by molar-refractivity contribution is -0.401. The molecule has 0 saturated heterocycles. The molecule has 0 aromatic heterocycles. The summed E-state index contributed by atoms with van der Waals surface area (Å²) < 4.78 is 2.31. The van der Waals surface area contributed by atoms with Gasteiger partial charge in [0.1, 0.15) is 7.05 Å². The van der Waals surface area contributed by atoms with Gasteiger partial charge in [-0.25, -0.2) is 0 Å². The van der Waals surface area contributed by atoms with E-state index in [0.29, 0.717) is 0 Å². The Morgan fingerprint density at radius 1 is 0.941 bits per heavy atom. The molecule has 0 N–H and O–H groups in total. The molecule has 0 unspecified atom stereocenters. The van der Waals surface area contributed by atoms with Gasteiger partial charge in [-0.2, -0.15) is 4.58 Å². The largest absolute Gasteiger partial charge is 0.372 e. The maximum atomic E-state index is 6.79. The first kappa shape index (κ1) is 24.3. The van der Waals surface area contributed by atoms with Gasteiger partial charge < -0.3 is 4.90 Å². The molecule has 2 aliphatic rings. The fourth-order valence-corrected chi connectivity index (χ4v) is 5.46. The number of fused-ring (bicyclic) bond motifs is 1. The first-order valence-electron chi connectivity index (χ1n) is 12.4. The van der Waals surface area contributed by atoms with Crippen molar-refractivity contribution in [2.75, 3.05) is 25.0 Å². The third kappa shape index (κ3) is 4.70. The Bertz CT molecular complexity index is 1200. The average Bonchev–Trinajstić information content (AvgIpc) is 3.28. The van der Waals surface area contributed by atoms with Gasteiger partial charge in [-0.05, 0) is 69.4 Å². The number of allylic oxidation sites excluding steroid dienone is 7. The van der Waals surface area contributed by atoms with E-state index in [2.05, 4.69) is 123 Å². The monoisotopic (exact) mass is 471 g/mol. The molecule has 0 spiro atoms. The van der Waals surface area contributed by atoms with Crippen LogP contribution in [0.4, 0.5) is 11.4 Å². The molecule has 1 aliphatic heterocycles. The van der Waals surface area contributed by atoms with Gasteiger partial charge >= 0.3 is 0 Å². The van der Waals surface area contributed by atoms with E-state index in [9.17, 15) is 0 Å². The van der Waals surface area contributed by atoms with Crippen molar-refractivity contribution in [3.8, 4) is 0 Å². The van der Waals surface area contributed by atoms with E-state index in [4.69, 9.17) is 11.6 Å². The standard InChI is InChI=1S/C31H36ClN2/c1-6-34(7-2)26-20-15-23(16-21-26)11-10-12-24-17-18-25(30(24)32)19-22-29-31(3,4)27-13-8-9-14-28(27)33(29)5/h8-16,19-22H,6-7,17-18H2,1-5H3/q+1. The van der Waals surface area contributed by atoms with Crippen LogP contribution in [0, 0.1) is 0 Å². The number of hydrogen-bond donors (Lipinski definition) is 0. The molecule has 2 aromatic rings. The Balaban J connectivity index is 1.48. The lowest BCUT2D eigenvalue weighted by atomic mass is 9.81. The van der Waals surface area contributed by atoms with Crippen LogP contribution < -0.4 is 4.90 Å². The molecule has 1 aliphatic carbocycles. The van der Waals surface area contributed by atoms with E-state index in [0.717, 1.165) is 31.0 Å². The van der Waals surface area contributed by atoms with Crippen molar-refractivity contribution in [3.63, 3.8) is 0 Å². The molecular weight excluding hydrogens is 436 g/mol. The van der Waals surface area contributed by atoms with E-state index in [1.54, 1.807) is 0 Å². The van der Waals surface area contributed by atoms with Crippen molar-refractivity contribution < 1.29 is 4.58 Å². The Morgan fingerprint density at radius 3 is 2.32 bits per heavy atom. The predicted molar refractivity (Wildman–Crippen MR) is 149 cm³/mol. The summed E-state index contributed by atoms with van der Waals surface area (Å²) in [6.45, 7) is 11.0. The highest BCUT2D eigenvalue weighted by Gasteiger charge is 2.42. The van der Waals surface area contributed by atoms with Crippen LogP contribution in [0.5, 0.6) is 0 Å². The molecule has 0 atom stereocenters. The second-order valence-corrected chi connectivity index (χ2v) is 9.95. The first-order valence-corrected chi connectivity index (χ1v) is 12.7. The van der Waals surface area contributed by atoms with Crippen molar-refractivity contribution in [2.24, 2.45) is 0 Å². The average molecular weight is 472 g/mol. The number of anilines is 1.